The van der Waals surface area contributed by atoms with Crippen LogP contribution in [0.3, 0.4) is 0 Å². The van der Waals surface area contributed by atoms with Gasteiger partial charge < -0.3 is 5.32 Å². The molecule has 0 unspecified atom stereocenters. The standard InChI is InChI=1S/C23H30N4O2S/c1-7-26(8-2)12-19-25-22-21(16(5)17(6)30-22)23(29)27(19)13-20(28)24-18-10-9-14(3)15(4)11-18/h9-11H,7-8,12-13H2,1-6H3,(H,24,28). The summed E-state index contributed by atoms with van der Waals surface area (Å²) in [5.41, 5.74) is 3.82. The Labute approximate surface area is 181 Å². The fraction of sp³-hybridized carbons (Fsp3) is 0.435. The number of anilines is 1. The first-order chi connectivity index (χ1) is 14.2. The van der Waals surface area contributed by atoms with Gasteiger partial charge in [0.15, 0.2) is 0 Å². The first kappa shape index (κ1) is 22.2. The van der Waals surface area contributed by atoms with Gasteiger partial charge in [-0.2, -0.15) is 0 Å². The van der Waals surface area contributed by atoms with E-state index in [0.717, 1.165) is 39.6 Å². The molecule has 0 aliphatic rings. The first-order valence-electron chi connectivity index (χ1n) is 10.3. The van der Waals surface area contributed by atoms with Gasteiger partial charge in [-0.1, -0.05) is 19.9 Å². The zero-order valence-electron chi connectivity index (χ0n) is 18.6. The molecule has 0 radical (unpaired) electrons. The zero-order valence-corrected chi connectivity index (χ0v) is 19.4. The number of hydrogen-bond donors (Lipinski definition) is 1. The molecule has 0 saturated carbocycles. The van der Waals surface area contributed by atoms with E-state index in [4.69, 9.17) is 4.98 Å². The van der Waals surface area contributed by atoms with Gasteiger partial charge in [0.25, 0.3) is 5.56 Å². The summed E-state index contributed by atoms with van der Waals surface area (Å²) in [5, 5.41) is 3.55. The number of nitrogens with one attached hydrogen (secondary N) is 1. The van der Waals surface area contributed by atoms with Crippen LogP contribution in [0.25, 0.3) is 10.2 Å². The van der Waals surface area contributed by atoms with Crippen molar-refractivity contribution in [2.45, 2.75) is 54.6 Å². The van der Waals surface area contributed by atoms with E-state index >= 15 is 0 Å². The number of benzene rings is 1. The molecular weight excluding hydrogens is 396 g/mol. The van der Waals surface area contributed by atoms with E-state index in [2.05, 4.69) is 24.1 Å². The summed E-state index contributed by atoms with van der Waals surface area (Å²) >= 11 is 1.54. The molecule has 3 rings (SSSR count). The maximum Gasteiger partial charge on any atom is 0.263 e. The van der Waals surface area contributed by atoms with Crippen molar-refractivity contribution in [3.63, 3.8) is 0 Å². The Balaban J connectivity index is 1.99. The number of carbonyl (C=O) groups excluding carboxylic acids is 1. The van der Waals surface area contributed by atoms with Crippen molar-refractivity contribution in [3.8, 4) is 0 Å². The van der Waals surface area contributed by atoms with Crippen LogP contribution in [-0.2, 0) is 17.9 Å². The highest BCUT2D eigenvalue weighted by Gasteiger charge is 2.19. The van der Waals surface area contributed by atoms with E-state index in [0.29, 0.717) is 17.8 Å². The van der Waals surface area contributed by atoms with Crippen molar-refractivity contribution in [2.24, 2.45) is 0 Å². The third kappa shape index (κ3) is 4.47. The first-order valence-corrected chi connectivity index (χ1v) is 11.2. The van der Waals surface area contributed by atoms with Crippen molar-refractivity contribution < 1.29 is 4.79 Å². The van der Waals surface area contributed by atoms with Crippen LogP contribution in [0.1, 0.15) is 41.2 Å². The quantitative estimate of drug-likeness (QED) is 0.616. The Morgan fingerprint density at radius 1 is 1.13 bits per heavy atom. The van der Waals surface area contributed by atoms with E-state index in [1.54, 1.807) is 0 Å². The van der Waals surface area contributed by atoms with E-state index in [1.165, 1.54) is 21.5 Å². The molecular formula is C23H30N4O2S. The van der Waals surface area contributed by atoms with Crippen molar-refractivity contribution in [3.05, 3.63) is 55.9 Å². The Morgan fingerprint density at radius 2 is 1.83 bits per heavy atom. The van der Waals surface area contributed by atoms with Gasteiger partial charge in [-0.05, 0) is 69.6 Å². The summed E-state index contributed by atoms with van der Waals surface area (Å²) in [4.78, 5) is 35.0. The highest BCUT2D eigenvalue weighted by molar-refractivity contribution is 7.18. The lowest BCUT2D eigenvalue weighted by molar-refractivity contribution is -0.116. The van der Waals surface area contributed by atoms with Crippen molar-refractivity contribution in [1.29, 1.82) is 0 Å². The molecule has 0 aliphatic heterocycles. The average Bonchev–Trinajstić information content (AvgIpc) is 2.99. The van der Waals surface area contributed by atoms with Crippen LogP contribution in [0.2, 0.25) is 0 Å². The third-order valence-electron chi connectivity index (χ3n) is 5.72. The van der Waals surface area contributed by atoms with E-state index in [1.807, 2.05) is 45.9 Å². The van der Waals surface area contributed by atoms with Gasteiger partial charge >= 0.3 is 0 Å². The predicted molar refractivity (Wildman–Crippen MR) is 125 cm³/mol. The summed E-state index contributed by atoms with van der Waals surface area (Å²) in [7, 11) is 0. The summed E-state index contributed by atoms with van der Waals surface area (Å²) in [6.45, 7) is 14.3. The number of thiophene rings is 1. The predicted octanol–water partition coefficient (Wildman–Crippen LogP) is 4.17. The second-order valence-corrected chi connectivity index (χ2v) is 8.89. The summed E-state index contributed by atoms with van der Waals surface area (Å²) in [6, 6.07) is 5.81. The number of fused-ring (bicyclic) bond motifs is 1. The van der Waals surface area contributed by atoms with Gasteiger partial charge in [0.2, 0.25) is 5.91 Å². The summed E-state index contributed by atoms with van der Waals surface area (Å²) in [5.74, 6) is 0.402. The molecule has 6 nitrogen and oxygen atoms in total. The maximum atomic E-state index is 13.4. The smallest absolute Gasteiger partial charge is 0.263 e. The molecule has 2 heterocycles. The lowest BCUT2D eigenvalue weighted by Gasteiger charge is -2.20. The zero-order chi connectivity index (χ0) is 22.0. The minimum absolute atomic E-state index is 0.0559. The number of aromatic nitrogens is 2. The molecule has 30 heavy (non-hydrogen) atoms. The molecule has 1 N–H and O–H groups in total. The molecule has 1 amide bonds. The minimum Gasteiger partial charge on any atom is -0.325 e. The van der Waals surface area contributed by atoms with Gasteiger partial charge in [0.1, 0.15) is 17.2 Å². The summed E-state index contributed by atoms with van der Waals surface area (Å²) in [6.07, 6.45) is 0. The van der Waals surface area contributed by atoms with Crippen molar-refractivity contribution in [1.82, 2.24) is 14.5 Å². The highest BCUT2D eigenvalue weighted by Crippen LogP contribution is 2.26. The Hall–Kier alpha value is -2.51. The normalized spacial score (nSPS) is 11.4. The molecule has 0 aliphatic carbocycles. The van der Waals surface area contributed by atoms with E-state index in [-0.39, 0.29) is 18.0 Å². The largest absolute Gasteiger partial charge is 0.325 e. The number of aryl methyl sites for hydroxylation is 4. The van der Waals surface area contributed by atoms with Gasteiger partial charge in [0.05, 0.1) is 11.9 Å². The number of rotatable bonds is 7. The second kappa shape index (κ2) is 9.10. The second-order valence-electron chi connectivity index (χ2n) is 7.69. The van der Waals surface area contributed by atoms with Gasteiger partial charge in [-0.3, -0.25) is 19.1 Å². The molecule has 160 valence electrons. The summed E-state index contributed by atoms with van der Waals surface area (Å²) < 4.78 is 1.54. The number of hydrogen-bond acceptors (Lipinski definition) is 5. The van der Waals surface area contributed by atoms with Crippen LogP contribution < -0.4 is 10.9 Å². The molecule has 3 aromatic rings. The van der Waals surface area contributed by atoms with E-state index in [9.17, 15) is 9.59 Å². The monoisotopic (exact) mass is 426 g/mol. The van der Waals surface area contributed by atoms with Crippen molar-refractivity contribution in [2.75, 3.05) is 18.4 Å². The molecule has 0 atom stereocenters. The average molecular weight is 427 g/mol. The molecule has 0 spiro atoms. The molecule has 2 aromatic heterocycles. The fourth-order valence-electron chi connectivity index (χ4n) is 3.46. The van der Waals surface area contributed by atoms with Crippen LogP contribution in [0.5, 0.6) is 0 Å². The fourth-order valence-corrected chi connectivity index (χ4v) is 4.50. The Bertz CT molecular complexity index is 1140. The van der Waals surface area contributed by atoms with Crippen LogP contribution in [-0.4, -0.2) is 33.4 Å². The van der Waals surface area contributed by atoms with Crippen LogP contribution in [0.15, 0.2) is 23.0 Å². The Morgan fingerprint density at radius 3 is 2.47 bits per heavy atom. The van der Waals surface area contributed by atoms with E-state index < -0.39 is 0 Å². The minimum atomic E-state index is -0.230. The highest BCUT2D eigenvalue weighted by atomic mass is 32.1. The third-order valence-corrected chi connectivity index (χ3v) is 6.82. The Kier molecular flexibility index (Phi) is 6.73. The number of carbonyl (C=O) groups is 1. The number of nitrogens with zero attached hydrogens (tertiary/aromatic N) is 3. The van der Waals surface area contributed by atoms with Gasteiger partial charge in [-0.15, -0.1) is 11.3 Å². The van der Waals surface area contributed by atoms with Gasteiger partial charge in [0, 0.05) is 10.6 Å². The molecule has 1 aromatic carbocycles. The van der Waals surface area contributed by atoms with Crippen molar-refractivity contribution >= 4 is 33.1 Å². The topological polar surface area (TPSA) is 67.2 Å². The molecule has 7 heteroatoms. The lowest BCUT2D eigenvalue weighted by atomic mass is 10.1. The molecule has 0 saturated heterocycles. The number of amides is 1. The van der Waals surface area contributed by atoms with Crippen LogP contribution in [0.4, 0.5) is 5.69 Å². The molecule has 0 bridgehead atoms. The van der Waals surface area contributed by atoms with Crippen LogP contribution in [0, 0.1) is 27.7 Å². The molecule has 0 fully saturated rings. The van der Waals surface area contributed by atoms with Crippen LogP contribution >= 0.6 is 11.3 Å². The maximum absolute atomic E-state index is 13.4. The lowest BCUT2D eigenvalue weighted by Crippen LogP contribution is -2.34. The SMILES string of the molecule is CCN(CC)Cc1nc2sc(C)c(C)c2c(=O)n1CC(=O)Nc1ccc(C)c(C)c1. The van der Waals surface area contributed by atoms with Gasteiger partial charge in [-0.25, -0.2) is 4.98 Å².